The normalized spacial score (nSPS) is 14.5. The molecule has 2 nitrogen and oxygen atoms in total. The molecular formula is C11H20O2. The predicted octanol–water partition coefficient (Wildman–Crippen LogP) is 3.09. The zero-order valence-electron chi connectivity index (χ0n) is 9.43. The van der Waals surface area contributed by atoms with Crippen molar-refractivity contribution < 1.29 is 9.90 Å². The SMILES string of the molecule is CC(C)(C)C(=O)C=C(O)C(C)(C)C. The van der Waals surface area contributed by atoms with Gasteiger partial charge in [0.1, 0.15) is 5.76 Å². The van der Waals surface area contributed by atoms with E-state index in [1.165, 1.54) is 6.08 Å². The second-order valence-corrected chi connectivity index (χ2v) is 5.39. The van der Waals surface area contributed by atoms with Crippen molar-refractivity contribution in [3.8, 4) is 0 Å². The molecule has 1 N–H and O–H groups in total. The predicted molar refractivity (Wildman–Crippen MR) is 54.6 cm³/mol. The summed E-state index contributed by atoms with van der Waals surface area (Å²) in [5.74, 6) is 0.104. The van der Waals surface area contributed by atoms with Gasteiger partial charge >= 0.3 is 0 Å². The number of ketones is 1. The lowest BCUT2D eigenvalue weighted by atomic mass is 9.87. The van der Waals surface area contributed by atoms with E-state index in [9.17, 15) is 9.90 Å². The summed E-state index contributed by atoms with van der Waals surface area (Å²) in [6, 6.07) is 0. The molecule has 0 aliphatic rings. The maximum atomic E-state index is 11.5. The fourth-order valence-corrected chi connectivity index (χ4v) is 0.557. The molecule has 0 aliphatic carbocycles. The lowest BCUT2D eigenvalue weighted by Crippen LogP contribution is -2.20. The van der Waals surface area contributed by atoms with E-state index in [0.29, 0.717) is 0 Å². The van der Waals surface area contributed by atoms with Gasteiger partial charge in [-0.05, 0) is 0 Å². The van der Waals surface area contributed by atoms with Crippen molar-refractivity contribution in [3.05, 3.63) is 11.8 Å². The largest absolute Gasteiger partial charge is 0.512 e. The first-order valence-corrected chi connectivity index (χ1v) is 4.51. The summed E-state index contributed by atoms with van der Waals surface area (Å²) in [4.78, 5) is 11.5. The van der Waals surface area contributed by atoms with Gasteiger partial charge in [0.25, 0.3) is 0 Å². The molecule has 0 rings (SSSR count). The Bertz CT molecular complexity index is 223. The summed E-state index contributed by atoms with van der Waals surface area (Å²) in [5, 5.41) is 9.56. The topological polar surface area (TPSA) is 37.3 Å². The molecule has 0 aliphatic heterocycles. The number of hydrogen-bond donors (Lipinski definition) is 1. The van der Waals surface area contributed by atoms with Crippen LogP contribution in [-0.2, 0) is 4.79 Å². The van der Waals surface area contributed by atoms with Crippen molar-refractivity contribution in [2.45, 2.75) is 41.5 Å². The highest BCUT2D eigenvalue weighted by Gasteiger charge is 2.23. The van der Waals surface area contributed by atoms with Crippen LogP contribution in [0.1, 0.15) is 41.5 Å². The van der Waals surface area contributed by atoms with Crippen LogP contribution in [0.2, 0.25) is 0 Å². The van der Waals surface area contributed by atoms with E-state index in [0.717, 1.165) is 0 Å². The highest BCUT2D eigenvalue weighted by atomic mass is 16.3. The molecular weight excluding hydrogens is 164 g/mol. The van der Waals surface area contributed by atoms with Gasteiger partial charge in [-0.25, -0.2) is 0 Å². The van der Waals surface area contributed by atoms with E-state index in [1.807, 2.05) is 41.5 Å². The van der Waals surface area contributed by atoms with E-state index in [2.05, 4.69) is 0 Å². The Morgan fingerprint density at radius 2 is 1.38 bits per heavy atom. The van der Waals surface area contributed by atoms with Gasteiger partial charge in [-0.15, -0.1) is 0 Å². The van der Waals surface area contributed by atoms with Crippen molar-refractivity contribution in [1.29, 1.82) is 0 Å². The summed E-state index contributed by atoms with van der Waals surface area (Å²) >= 11 is 0. The number of allylic oxidation sites excluding steroid dienone is 2. The third-order valence-corrected chi connectivity index (χ3v) is 1.78. The fraction of sp³-hybridized carbons (Fsp3) is 0.727. The molecule has 2 heteroatoms. The molecule has 0 fully saturated rings. The summed E-state index contributed by atoms with van der Waals surface area (Å²) in [6.07, 6.45) is 1.33. The number of hydrogen-bond acceptors (Lipinski definition) is 2. The number of carbonyl (C=O) groups excluding carboxylic acids is 1. The van der Waals surface area contributed by atoms with Crippen LogP contribution in [-0.4, -0.2) is 10.9 Å². The molecule has 0 aromatic carbocycles. The Balaban J connectivity index is 4.70. The van der Waals surface area contributed by atoms with Gasteiger partial charge in [0, 0.05) is 16.9 Å². The third-order valence-electron chi connectivity index (χ3n) is 1.78. The average Bonchev–Trinajstić information content (AvgIpc) is 1.82. The van der Waals surface area contributed by atoms with Crippen LogP contribution in [0.3, 0.4) is 0 Å². The number of aliphatic hydroxyl groups excluding tert-OH is 1. The van der Waals surface area contributed by atoms with Gasteiger partial charge < -0.3 is 5.11 Å². The van der Waals surface area contributed by atoms with Gasteiger partial charge in [-0.1, -0.05) is 41.5 Å². The minimum atomic E-state index is -0.417. The fourth-order valence-electron chi connectivity index (χ4n) is 0.557. The molecule has 0 radical (unpaired) electrons. The molecule has 13 heavy (non-hydrogen) atoms. The Morgan fingerprint density at radius 3 is 1.62 bits per heavy atom. The molecule has 0 amide bonds. The first-order valence-electron chi connectivity index (χ1n) is 4.51. The maximum Gasteiger partial charge on any atom is 0.164 e. The van der Waals surface area contributed by atoms with Gasteiger partial charge in [0.2, 0.25) is 0 Å². The average molecular weight is 184 g/mol. The smallest absolute Gasteiger partial charge is 0.164 e. The number of rotatable bonds is 1. The molecule has 0 aromatic rings. The maximum absolute atomic E-state index is 11.5. The van der Waals surface area contributed by atoms with Gasteiger partial charge in [-0.2, -0.15) is 0 Å². The standard InChI is InChI=1S/C11H20O2/c1-10(2,3)8(12)7-9(13)11(4,5)6/h7,12H,1-6H3. The molecule has 0 saturated heterocycles. The minimum absolute atomic E-state index is 0.0417. The number of carbonyl (C=O) groups is 1. The van der Waals surface area contributed by atoms with Crippen LogP contribution in [0, 0.1) is 10.8 Å². The highest BCUT2D eigenvalue weighted by Crippen LogP contribution is 2.24. The molecule has 0 heterocycles. The van der Waals surface area contributed by atoms with Crippen molar-refractivity contribution in [1.82, 2.24) is 0 Å². The summed E-state index contributed by atoms with van der Waals surface area (Å²) in [6.45, 7) is 11.1. The molecule has 0 spiro atoms. The first kappa shape index (κ1) is 12.2. The van der Waals surface area contributed by atoms with Crippen molar-refractivity contribution in [2.24, 2.45) is 10.8 Å². The third kappa shape index (κ3) is 4.11. The number of aliphatic hydroxyl groups is 1. The van der Waals surface area contributed by atoms with Gasteiger partial charge in [-0.3, -0.25) is 4.79 Å². The lowest BCUT2D eigenvalue weighted by molar-refractivity contribution is -0.121. The van der Waals surface area contributed by atoms with Crippen LogP contribution in [0.25, 0.3) is 0 Å². The Kier molecular flexibility index (Phi) is 3.31. The van der Waals surface area contributed by atoms with Crippen molar-refractivity contribution in [2.75, 3.05) is 0 Å². The lowest BCUT2D eigenvalue weighted by Gasteiger charge is -2.19. The van der Waals surface area contributed by atoms with Crippen LogP contribution < -0.4 is 0 Å². The molecule has 0 atom stereocenters. The van der Waals surface area contributed by atoms with Crippen LogP contribution >= 0.6 is 0 Å². The summed E-state index contributed by atoms with van der Waals surface area (Å²) in [5.41, 5.74) is -0.764. The van der Waals surface area contributed by atoms with Crippen molar-refractivity contribution >= 4 is 5.78 Å². The second kappa shape index (κ2) is 3.52. The molecule has 0 aromatic heterocycles. The van der Waals surface area contributed by atoms with Crippen LogP contribution in [0.15, 0.2) is 11.8 Å². The quantitative estimate of drug-likeness (QED) is 0.502. The van der Waals surface area contributed by atoms with E-state index in [-0.39, 0.29) is 17.0 Å². The Morgan fingerprint density at radius 1 is 1.00 bits per heavy atom. The van der Waals surface area contributed by atoms with E-state index >= 15 is 0 Å². The molecule has 76 valence electrons. The molecule has 0 bridgehead atoms. The first-order chi connectivity index (χ1) is 5.55. The minimum Gasteiger partial charge on any atom is -0.512 e. The van der Waals surface area contributed by atoms with Crippen LogP contribution in [0.5, 0.6) is 0 Å². The van der Waals surface area contributed by atoms with Crippen molar-refractivity contribution in [3.63, 3.8) is 0 Å². The monoisotopic (exact) mass is 184 g/mol. The zero-order valence-corrected chi connectivity index (χ0v) is 9.43. The summed E-state index contributed by atoms with van der Waals surface area (Å²) < 4.78 is 0. The zero-order chi connectivity index (χ0) is 10.9. The van der Waals surface area contributed by atoms with E-state index in [4.69, 9.17) is 0 Å². The second-order valence-electron chi connectivity index (χ2n) is 5.39. The Hall–Kier alpha value is -0.790. The van der Waals surface area contributed by atoms with E-state index < -0.39 is 5.41 Å². The van der Waals surface area contributed by atoms with Gasteiger partial charge in [0.05, 0.1) is 0 Å². The van der Waals surface area contributed by atoms with E-state index in [1.54, 1.807) is 0 Å². The van der Waals surface area contributed by atoms with Gasteiger partial charge in [0.15, 0.2) is 5.78 Å². The highest BCUT2D eigenvalue weighted by molar-refractivity contribution is 5.94. The van der Waals surface area contributed by atoms with Crippen LogP contribution in [0.4, 0.5) is 0 Å². The molecule has 0 unspecified atom stereocenters. The Labute approximate surface area is 80.7 Å². The summed E-state index contributed by atoms with van der Waals surface area (Å²) in [7, 11) is 0. The molecule has 0 saturated carbocycles.